The van der Waals surface area contributed by atoms with Crippen LogP contribution in [0, 0.1) is 5.92 Å². The van der Waals surface area contributed by atoms with Crippen LogP contribution >= 0.6 is 11.3 Å². The lowest BCUT2D eigenvalue weighted by Gasteiger charge is -2.38. The van der Waals surface area contributed by atoms with Crippen LogP contribution in [-0.2, 0) is 0 Å². The lowest BCUT2D eigenvalue weighted by Crippen LogP contribution is -2.49. The zero-order valence-corrected chi connectivity index (χ0v) is 13.7. The van der Waals surface area contributed by atoms with Crippen molar-refractivity contribution in [2.24, 2.45) is 5.92 Å². The molecule has 2 fully saturated rings. The molecule has 0 bridgehead atoms. The maximum atomic E-state index is 9.26. The van der Waals surface area contributed by atoms with Crippen molar-refractivity contribution in [3.05, 3.63) is 22.4 Å². The first-order chi connectivity index (χ1) is 10.3. The standard InChI is InChI=1S/C17H28N2OS/c20-8-7-19-12-15(17-6-3-9-21-17)10-16(13-19)18-11-14-4-1-2-5-14/h3,6,9,14-16,18,20H,1-2,4-5,7-8,10-13H2. The van der Waals surface area contributed by atoms with Gasteiger partial charge in [0.25, 0.3) is 0 Å². The van der Waals surface area contributed by atoms with Crippen LogP contribution in [0.5, 0.6) is 0 Å². The summed E-state index contributed by atoms with van der Waals surface area (Å²) < 4.78 is 0. The van der Waals surface area contributed by atoms with E-state index in [1.165, 1.54) is 43.5 Å². The molecule has 1 aliphatic heterocycles. The Morgan fingerprint density at radius 2 is 2.14 bits per heavy atom. The number of rotatable bonds is 6. The monoisotopic (exact) mass is 308 g/mol. The van der Waals surface area contributed by atoms with E-state index in [0.29, 0.717) is 12.0 Å². The summed E-state index contributed by atoms with van der Waals surface area (Å²) in [5.41, 5.74) is 0. The second-order valence-electron chi connectivity index (χ2n) is 6.69. The molecule has 2 atom stereocenters. The summed E-state index contributed by atoms with van der Waals surface area (Å²) >= 11 is 1.88. The SMILES string of the molecule is OCCN1CC(NCC2CCCC2)CC(c2cccs2)C1. The molecule has 4 heteroatoms. The first kappa shape index (κ1) is 15.5. The van der Waals surface area contributed by atoms with E-state index >= 15 is 0 Å². The molecular formula is C17H28N2OS. The molecule has 2 unspecified atom stereocenters. The molecule has 118 valence electrons. The van der Waals surface area contributed by atoms with E-state index in [2.05, 4.69) is 27.7 Å². The van der Waals surface area contributed by atoms with Crippen molar-refractivity contribution >= 4 is 11.3 Å². The van der Waals surface area contributed by atoms with Gasteiger partial charge in [-0.15, -0.1) is 11.3 Å². The highest BCUT2D eigenvalue weighted by Gasteiger charge is 2.29. The molecule has 0 spiro atoms. The van der Waals surface area contributed by atoms with Crippen LogP contribution in [-0.4, -0.2) is 48.8 Å². The highest BCUT2D eigenvalue weighted by Crippen LogP contribution is 2.30. The summed E-state index contributed by atoms with van der Waals surface area (Å²) in [6.45, 7) is 4.46. The first-order valence-electron chi connectivity index (χ1n) is 8.45. The molecule has 3 rings (SSSR count). The van der Waals surface area contributed by atoms with E-state index in [9.17, 15) is 5.11 Å². The van der Waals surface area contributed by atoms with Gasteiger partial charge in [0, 0.05) is 36.5 Å². The number of nitrogens with zero attached hydrogens (tertiary/aromatic N) is 1. The van der Waals surface area contributed by atoms with Gasteiger partial charge in [-0.2, -0.15) is 0 Å². The number of β-amino-alcohol motifs (C(OH)–C–C–N with tert-alkyl or cyclic N) is 1. The van der Waals surface area contributed by atoms with Crippen molar-refractivity contribution in [3.63, 3.8) is 0 Å². The number of piperidine rings is 1. The topological polar surface area (TPSA) is 35.5 Å². The molecule has 1 aliphatic carbocycles. The third-order valence-corrected chi connectivity index (χ3v) is 6.09. The molecule has 0 aromatic carbocycles. The molecule has 0 amide bonds. The van der Waals surface area contributed by atoms with Gasteiger partial charge in [-0.1, -0.05) is 18.9 Å². The Labute approximate surface area is 132 Å². The summed E-state index contributed by atoms with van der Waals surface area (Å²) in [4.78, 5) is 3.94. The van der Waals surface area contributed by atoms with Crippen LogP contribution < -0.4 is 5.32 Å². The van der Waals surface area contributed by atoms with Crippen molar-refractivity contribution in [2.75, 3.05) is 32.8 Å². The number of aliphatic hydroxyl groups is 1. The summed E-state index contributed by atoms with van der Waals surface area (Å²) in [5.74, 6) is 1.53. The van der Waals surface area contributed by atoms with E-state index in [0.717, 1.165) is 25.6 Å². The number of hydrogen-bond acceptors (Lipinski definition) is 4. The molecule has 1 aromatic heterocycles. The van der Waals surface area contributed by atoms with Gasteiger partial charge in [-0.3, -0.25) is 4.90 Å². The highest BCUT2D eigenvalue weighted by molar-refractivity contribution is 7.10. The summed E-state index contributed by atoms with van der Waals surface area (Å²) in [6.07, 6.45) is 6.91. The van der Waals surface area contributed by atoms with Crippen LogP contribution in [0.25, 0.3) is 0 Å². The number of nitrogens with one attached hydrogen (secondary N) is 1. The number of thiophene rings is 1. The zero-order valence-electron chi connectivity index (χ0n) is 12.8. The molecule has 3 nitrogen and oxygen atoms in total. The Hall–Kier alpha value is -0.420. The van der Waals surface area contributed by atoms with Gasteiger partial charge < -0.3 is 10.4 Å². The first-order valence-corrected chi connectivity index (χ1v) is 9.33. The van der Waals surface area contributed by atoms with E-state index in [-0.39, 0.29) is 6.61 Å². The second-order valence-corrected chi connectivity index (χ2v) is 7.67. The van der Waals surface area contributed by atoms with Gasteiger partial charge >= 0.3 is 0 Å². The molecule has 2 heterocycles. The summed E-state index contributed by atoms with van der Waals surface area (Å²) in [7, 11) is 0. The van der Waals surface area contributed by atoms with Crippen LogP contribution in [0.15, 0.2) is 17.5 Å². The predicted octanol–water partition coefficient (Wildman–Crippen LogP) is 2.68. The number of aliphatic hydroxyl groups excluding tert-OH is 1. The van der Waals surface area contributed by atoms with E-state index in [1.807, 2.05) is 11.3 Å². The quantitative estimate of drug-likeness (QED) is 0.848. The van der Waals surface area contributed by atoms with E-state index in [1.54, 1.807) is 0 Å². The average molecular weight is 308 g/mol. The zero-order chi connectivity index (χ0) is 14.5. The maximum Gasteiger partial charge on any atom is 0.0558 e. The van der Waals surface area contributed by atoms with Crippen LogP contribution in [0.3, 0.4) is 0 Å². The molecule has 0 radical (unpaired) electrons. The molecule has 21 heavy (non-hydrogen) atoms. The van der Waals surface area contributed by atoms with Gasteiger partial charge in [0.05, 0.1) is 6.61 Å². The van der Waals surface area contributed by atoms with Crippen LogP contribution in [0.2, 0.25) is 0 Å². The highest BCUT2D eigenvalue weighted by atomic mass is 32.1. The van der Waals surface area contributed by atoms with Crippen molar-refractivity contribution in [1.29, 1.82) is 0 Å². The maximum absolute atomic E-state index is 9.26. The van der Waals surface area contributed by atoms with Gasteiger partial charge in [0.2, 0.25) is 0 Å². The average Bonchev–Trinajstić information content (AvgIpc) is 3.19. The minimum Gasteiger partial charge on any atom is -0.395 e. The molecule has 1 aromatic rings. The normalized spacial score (nSPS) is 28.2. The lowest BCUT2D eigenvalue weighted by molar-refractivity contribution is 0.137. The van der Waals surface area contributed by atoms with E-state index < -0.39 is 0 Å². The smallest absolute Gasteiger partial charge is 0.0558 e. The minimum absolute atomic E-state index is 0.270. The van der Waals surface area contributed by atoms with Crippen molar-refractivity contribution in [3.8, 4) is 0 Å². The summed E-state index contributed by atoms with van der Waals surface area (Å²) in [5, 5.41) is 15.3. The van der Waals surface area contributed by atoms with Crippen molar-refractivity contribution < 1.29 is 5.11 Å². The van der Waals surface area contributed by atoms with Gasteiger partial charge in [-0.05, 0) is 43.2 Å². The third kappa shape index (κ3) is 4.28. The van der Waals surface area contributed by atoms with Gasteiger partial charge in [-0.25, -0.2) is 0 Å². The summed E-state index contributed by atoms with van der Waals surface area (Å²) in [6, 6.07) is 5.01. The largest absolute Gasteiger partial charge is 0.395 e. The van der Waals surface area contributed by atoms with Crippen molar-refractivity contribution in [1.82, 2.24) is 10.2 Å². The Balaban J connectivity index is 1.56. The number of hydrogen-bond donors (Lipinski definition) is 2. The van der Waals surface area contributed by atoms with Gasteiger partial charge in [0.15, 0.2) is 0 Å². The second kappa shape index (κ2) is 7.73. The molecule has 1 saturated carbocycles. The lowest BCUT2D eigenvalue weighted by atomic mass is 9.92. The Kier molecular flexibility index (Phi) is 5.69. The van der Waals surface area contributed by atoms with Crippen molar-refractivity contribution in [2.45, 2.75) is 44.1 Å². The Bertz CT molecular complexity index is 403. The van der Waals surface area contributed by atoms with Crippen LogP contribution in [0.1, 0.15) is 42.9 Å². The Morgan fingerprint density at radius 1 is 1.29 bits per heavy atom. The third-order valence-electron chi connectivity index (χ3n) is 5.06. The Morgan fingerprint density at radius 3 is 2.86 bits per heavy atom. The molecule has 1 saturated heterocycles. The fraction of sp³-hybridized carbons (Fsp3) is 0.765. The van der Waals surface area contributed by atoms with E-state index in [4.69, 9.17) is 0 Å². The fourth-order valence-corrected chi connectivity index (χ4v) is 4.77. The molecule has 2 N–H and O–H groups in total. The minimum atomic E-state index is 0.270. The predicted molar refractivity (Wildman–Crippen MR) is 89.0 cm³/mol. The van der Waals surface area contributed by atoms with Gasteiger partial charge in [0.1, 0.15) is 0 Å². The fourth-order valence-electron chi connectivity index (χ4n) is 3.94. The number of likely N-dealkylation sites (tertiary alicyclic amines) is 1. The van der Waals surface area contributed by atoms with Crippen LogP contribution in [0.4, 0.5) is 0 Å². The molecule has 2 aliphatic rings. The molecular weight excluding hydrogens is 280 g/mol.